The second-order valence-electron chi connectivity index (χ2n) is 6.71. The number of aliphatic hydroxyl groups excluding tert-OH is 2. The van der Waals surface area contributed by atoms with Crippen LogP contribution in [0.25, 0.3) is 0 Å². The molecule has 3 rings (SSSR count). The Morgan fingerprint density at radius 1 is 1.38 bits per heavy atom. The van der Waals surface area contributed by atoms with Crippen LogP contribution in [0.1, 0.15) is 50.0 Å². The number of aromatic nitrogens is 2. The molecule has 3 N–H and O–H groups in total. The zero-order chi connectivity index (χ0) is 17.3. The van der Waals surface area contributed by atoms with Gasteiger partial charge in [0.25, 0.3) is 5.56 Å². The molecular formula is C17H24N2O5. The van der Waals surface area contributed by atoms with Crippen LogP contribution < -0.4 is 11.2 Å². The van der Waals surface area contributed by atoms with Crippen molar-refractivity contribution in [2.75, 3.05) is 6.61 Å². The molecule has 2 heterocycles. The van der Waals surface area contributed by atoms with Gasteiger partial charge in [0.05, 0.1) is 12.7 Å². The monoisotopic (exact) mass is 336 g/mol. The molecule has 1 aromatic rings. The third-order valence-corrected chi connectivity index (χ3v) is 5.21. The maximum Gasteiger partial charge on any atom is 0.330 e. The molecule has 2 aliphatic rings. The van der Waals surface area contributed by atoms with Crippen molar-refractivity contribution in [3.8, 4) is 0 Å². The first kappa shape index (κ1) is 17.1. The van der Waals surface area contributed by atoms with E-state index < -0.39 is 23.6 Å². The van der Waals surface area contributed by atoms with Crippen molar-refractivity contribution in [2.24, 2.45) is 0 Å². The Hall–Kier alpha value is -1.70. The Labute approximate surface area is 139 Å². The highest BCUT2D eigenvalue weighted by atomic mass is 16.6. The maximum absolute atomic E-state index is 12.4. The van der Waals surface area contributed by atoms with Crippen molar-refractivity contribution in [1.82, 2.24) is 9.55 Å². The van der Waals surface area contributed by atoms with Gasteiger partial charge in [0.1, 0.15) is 6.10 Å². The lowest BCUT2D eigenvalue weighted by Gasteiger charge is -2.29. The Balaban J connectivity index is 2.05. The van der Waals surface area contributed by atoms with Crippen molar-refractivity contribution in [2.45, 2.75) is 62.4 Å². The molecule has 7 nitrogen and oxygen atoms in total. The fourth-order valence-electron chi connectivity index (χ4n) is 3.84. The van der Waals surface area contributed by atoms with Gasteiger partial charge in [-0.15, -0.1) is 0 Å². The van der Waals surface area contributed by atoms with Crippen LogP contribution in [0.2, 0.25) is 0 Å². The molecule has 1 saturated heterocycles. The van der Waals surface area contributed by atoms with E-state index in [1.165, 1.54) is 10.6 Å². The molecule has 132 valence electrons. The summed E-state index contributed by atoms with van der Waals surface area (Å²) < 4.78 is 7.03. The van der Waals surface area contributed by atoms with E-state index in [0.29, 0.717) is 5.56 Å². The topological polar surface area (TPSA) is 105 Å². The number of nitrogens with zero attached hydrogens (tertiary/aromatic N) is 1. The van der Waals surface area contributed by atoms with Gasteiger partial charge in [-0.3, -0.25) is 14.3 Å². The molecule has 0 radical (unpaired) electrons. The van der Waals surface area contributed by atoms with E-state index in [2.05, 4.69) is 11.6 Å². The van der Waals surface area contributed by atoms with E-state index in [-0.39, 0.29) is 24.5 Å². The highest BCUT2D eigenvalue weighted by molar-refractivity contribution is 5.15. The summed E-state index contributed by atoms with van der Waals surface area (Å²) in [5.74, 6) is 0.121. The Morgan fingerprint density at radius 2 is 2.08 bits per heavy atom. The minimum Gasteiger partial charge on any atom is -0.394 e. The molecule has 0 spiro atoms. The summed E-state index contributed by atoms with van der Waals surface area (Å²) in [5.41, 5.74) is -1.66. The van der Waals surface area contributed by atoms with E-state index in [0.717, 1.165) is 32.1 Å². The summed E-state index contributed by atoms with van der Waals surface area (Å²) in [6.07, 6.45) is 6.52. The smallest absolute Gasteiger partial charge is 0.330 e. The lowest BCUT2D eigenvalue weighted by atomic mass is 9.85. The third kappa shape index (κ3) is 2.87. The zero-order valence-electron chi connectivity index (χ0n) is 13.6. The predicted molar refractivity (Wildman–Crippen MR) is 87.9 cm³/mol. The molecule has 1 saturated carbocycles. The number of hydrogen-bond donors (Lipinski definition) is 3. The van der Waals surface area contributed by atoms with Gasteiger partial charge in [-0.2, -0.15) is 0 Å². The van der Waals surface area contributed by atoms with Gasteiger partial charge in [0.2, 0.25) is 0 Å². The van der Waals surface area contributed by atoms with Crippen LogP contribution in [0.5, 0.6) is 0 Å². The van der Waals surface area contributed by atoms with Gasteiger partial charge in [0, 0.05) is 18.2 Å². The van der Waals surface area contributed by atoms with Crippen LogP contribution in [0.3, 0.4) is 0 Å². The minimum absolute atomic E-state index is 0.0950. The van der Waals surface area contributed by atoms with E-state index in [4.69, 9.17) is 4.74 Å². The Kier molecular flexibility index (Phi) is 4.76. The molecular weight excluding hydrogens is 312 g/mol. The average molecular weight is 336 g/mol. The number of ether oxygens (including phenoxy) is 1. The highest BCUT2D eigenvalue weighted by Gasteiger charge is 2.46. The van der Waals surface area contributed by atoms with Gasteiger partial charge in [0.15, 0.2) is 5.72 Å². The summed E-state index contributed by atoms with van der Waals surface area (Å²) in [5, 5.41) is 19.4. The quantitative estimate of drug-likeness (QED) is 0.697. The van der Waals surface area contributed by atoms with Crippen LogP contribution in [0.15, 0.2) is 28.4 Å². The van der Waals surface area contributed by atoms with Crippen molar-refractivity contribution in [3.63, 3.8) is 0 Å². The number of hydrogen-bond acceptors (Lipinski definition) is 5. The van der Waals surface area contributed by atoms with Gasteiger partial charge in [-0.25, -0.2) is 4.79 Å². The maximum atomic E-state index is 12.4. The third-order valence-electron chi connectivity index (χ3n) is 5.21. The number of aliphatic hydroxyl groups is 2. The van der Waals surface area contributed by atoms with E-state index in [9.17, 15) is 19.8 Å². The molecule has 24 heavy (non-hydrogen) atoms. The molecule has 0 aromatic carbocycles. The van der Waals surface area contributed by atoms with Crippen LogP contribution in [0, 0.1) is 0 Å². The molecule has 0 unspecified atom stereocenters. The first-order valence-electron chi connectivity index (χ1n) is 8.47. The lowest BCUT2D eigenvalue weighted by Crippen LogP contribution is -2.44. The van der Waals surface area contributed by atoms with Crippen LogP contribution >= 0.6 is 0 Å². The van der Waals surface area contributed by atoms with Crippen LogP contribution in [-0.2, 0) is 10.5 Å². The van der Waals surface area contributed by atoms with Gasteiger partial charge in [-0.1, -0.05) is 25.8 Å². The summed E-state index contributed by atoms with van der Waals surface area (Å²) in [7, 11) is 0. The SMILES string of the molecule is C=C[C@]1(n2cc(C3CCCCC3)c(=O)[nH]c2=O)C[C@H](O)[C@@H](CO)O1. The van der Waals surface area contributed by atoms with E-state index >= 15 is 0 Å². The summed E-state index contributed by atoms with van der Waals surface area (Å²) in [6.45, 7) is 3.37. The predicted octanol–water partition coefficient (Wildman–Crippen LogP) is 0.565. The number of aromatic amines is 1. The molecule has 7 heteroatoms. The lowest BCUT2D eigenvalue weighted by molar-refractivity contribution is -0.0893. The highest BCUT2D eigenvalue weighted by Crippen LogP contribution is 2.36. The Morgan fingerprint density at radius 3 is 2.67 bits per heavy atom. The van der Waals surface area contributed by atoms with Gasteiger partial charge in [-0.05, 0) is 24.8 Å². The zero-order valence-corrected chi connectivity index (χ0v) is 13.6. The number of H-pyrrole nitrogens is 1. The number of rotatable bonds is 4. The molecule has 0 bridgehead atoms. The molecule has 3 atom stereocenters. The normalized spacial score (nSPS) is 31.2. The molecule has 1 aromatic heterocycles. The molecule has 1 aliphatic carbocycles. The van der Waals surface area contributed by atoms with Crippen molar-refractivity contribution in [3.05, 3.63) is 45.3 Å². The largest absolute Gasteiger partial charge is 0.394 e. The second-order valence-corrected chi connectivity index (χ2v) is 6.71. The summed E-state index contributed by atoms with van der Waals surface area (Å²) in [6, 6.07) is 0. The number of nitrogens with one attached hydrogen (secondary N) is 1. The first-order chi connectivity index (χ1) is 11.5. The minimum atomic E-state index is -1.27. The van der Waals surface area contributed by atoms with Gasteiger partial charge < -0.3 is 14.9 Å². The fourth-order valence-corrected chi connectivity index (χ4v) is 3.84. The van der Waals surface area contributed by atoms with Gasteiger partial charge >= 0.3 is 5.69 Å². The summed E-state index contributed by atoms with van der Waals surface area (Å²) in [4.78, 5) is 27.0. The average Bonchev–Trinajstić information content (AvgIpc) is 2.93. The van der Waals surface area contributed by atoms with Crippen molar-refractivity contribution < 1.29 is 14.9 Å². The standard InChI is InChI=1S/C17H24N2O5/c1-2-17(8-13(21)14(10-20)24-17)19-9-12(15(22)18-16(19)23)11-6-4-3-5-7-11/h2,9,11,13-14,20-21H,1,3-8,10H2,(H,18,22,23)/t13-,14+,17+/m0/s1. The summed E-state index contributed by atoms with van der Waals surface area (Å²) >= 11 is 0. The van der Waals surface area contributed by atoms with Crippen LogP contribution in [-0.4, -0.2) is 38.6 Å². The molecule has 1 aliphatic heterocycles. The van der Waals surface area contributed by atoms with Crippen molar-refractivity contribution >= 4 is 0 Å². The second kappa shape index (κ2) is 6.66. The first-order valence-corrected chi connectivity index (χ1v) is 8.47. The fraction of sp³-hybridized carbons (Fsp3) is 0.647. The Bertz CT molecular complexity index is 718. The van der Waals surface area contributed by atoms with Crippen LogP contribution in [0.4, 0.5) is 0 Å². The van der Waals surface area contributed by atoms with Crippen molar-refractivity contribution in [1.29, 1.82) is 0 Å². The van der Waals surface area contributed by atoms with E-state index in [1.807, 2.05) is 0 Å². The molecule has 0 amide bonds. The molecule has 2 fully saturated rings. The van der Waals surface area contributed by atoms with E-state index in [1.54, 1.807) is 6.20 Å².